The normalized spacial score (nSPS) is 15.2. The molecule has 1 N–H and O–H groups in total. The first-order valence-electron chi connectivity index (χ1n) is 8.78. The lowest BCUT2D eigenvalue weighted by atomic mass is 10.2. The van der Waals surface area contributed by atoms with Crippen LogP contribution in [0.1, 0.15) is 5.56 Å². The van der Waals surface area contributed by atoms with Crippen LogP contribution in [0.25, 0.3) is 0 Å². The molecule has 2 aromatic rings. The highest BCUT2D eigenvalue weighted by Crippen LogP contribution is 2.20. The molecule has 0 atom stereocenters. The maximum Gasteiger partial charge on any atom is 0.258 e. The summed E-state index contributed by atoms with van der Waals surface area (Å²) in [4.78, 5) is 12.1. The Bertz CT molecular complexity index is 912. The fourth-order valence-electron chi connectivity index (χ4n) is 2.68. The number of benzene rings is 2. The van der Waals surface area contributed by atoms with Crippen molar-refractivity contribution in [3.05, 3.63) is 59.1 Å². The Hall–Kier alpha value is -2.13. The minimum Gasteiger partial charge on any atom is -0.484 e. The highest BCUT2D eigenvalue weighted by atomic mass is 35.5. The molecule has 28 heavy (non-hydrogen) atoms. The molecule has 150 valence electrons. The van der Waals surface area contributed by atoms with E-state index in [4.69, 9.17) is 21.1 Å². The Morgan fingerprint density at radius 1 is 1.11 bits per heavy atom. The summed E-state index contributed by atoms with van der Waals surface area (Å²) in [5, 5.41) is 3.31. The minimum absolute atomic E-state index is 0.181. The Morgan fingerprint density at radius 2 is 1.79 bits per heavy atom. The van der Waals surface area contributed by atoms with Gasteiger partial charge in [-0.05, 0) is 35.9 Å². The number of hydrogen-bond acceptors (Lipinski definition) is 5. The lowest BCUT2D eigenvalue weighted by molar-refractivity contribution is -0.123. The maximum atomic E-state index is 12.6. The summed E-state index contributed by atoms with van der Waals surface area (Å²) in [6.07, 6.45) is 0. The van der Waals surface area contributed by atoms with Gasteiger partial charge < -0.3 is 14.8 Å². The van der Waals surface area contributed by atoms with E-state index in [1.165, 1.54) is 28.6 Å². The predicted molar refractivity (Wildman–Crippen MR) is 105 cm³/mol. The summed E-state index contributed by atoms with van der Waals surface area (Å²) >= 11 is 6.05. The van der Waals surface area contributed by atoms with Crippen LogP contribution in [-0.4, -0.2) is 51.5 Å². The van der Waals surface area contributed by atoms with Gasteiger partial charge in [0.05, 0.1) is 18.1 Å². The highest BCUT2D eigenvalue weighted by Gasteiger charge is 2.26. The molecule has 0 aromatic heterocycles. The van der Waals surface area contributed by atoms with Crippen molar-refractivity contribution in [2.75, 3.05) is 32.9 Å². The molecule has 0 radical (unpaired) electrons. The zero-order valence-electron chi connectivity index (χ0n) is 15.1. The Kier molecular flexibility index (Phi) is 6.90. The molecule has 1 aliphatic heterocycles. The van der Waals surface area contributed by atoms with Crippen LogP contribution in [0.4, 0.5) is 0 Å². The summed E-state index contributed by atoms with van der Waals surface area (Å²) < 4.78 is 37.1. The summed E-state index contributed by atoms with van der Waals surface area (Å²) in [6, 6.07) is 13.3. The van der Waals surface area contributed by atoms with E-state index in [2.05, 4.69) is 5.32 Å². The molecular weight excluding hydrogens is 404 g/mol. The van der Waals surface area contributed by atoms with Crippen LogP contribution in [0.15, 0.2) is 53.4 Å². The molecule has 0 bridgehead atoms. The van der Waals surface area contributed by atoms with Gasteiger partial charge >= 0.3 is 0 Å². The number of nitrogens with zero attached hydrogens (tertiary/aromatic N) is 1. The highest BCUT2D eigenvalue weighted by molar-refractivity contribution is 7.89. The van der Waals surface area contributed by atoms with Crippen LogP contribution in [0.5, 0.6) is 5.75 Å². The van der Waals surface area contributed by atoms with Gasteiger partial charge in [-0.2, -0.15) is 4.31 Å². The number of rotatable bonds is 7. The largest absolute Gasteiger partial charge is 0.484 e. The topological polar surface area (TPSA) is 84.9 Å². The van der Waals surface area contributed by atoms with E-state index in [0.717, 1.165) is 5.56 Å². The number of morpholine rings is 1. The third-order valence-electron chi connectivity index (χ3n) is 4.24. The van der Waals surface area contributed by atoms with Gasteiger partial charge in [0.15, 0.2) is 6.61 Å². The molecule has 3 rings (SSSR count). The minimum atomic E-state index is -3.55. The first-order valence-corrected chi connectivity index (χ1v) is 10.6. The SMILES string of the molecule is O=C(COc1ccc(S(=O)(=O)N2CCOCC2)cc1)NCc1ccccc1Cl. The number of halogens is 1. The first kappa shape index (κ1) is 20.6. The second kappa shape index (κ2) is 9.38. The molecule has 2 aromatic carbocycles. The number of ether oxygens (including phenoxy) is 2. The quantitative estimate of drug-likeness (QED) is 0.735. The van der Waals surface area contributed by atoms with Crippen LogP contribution in [0, 0.1) is 0 Å². The molecule has 1 amide bonds. The van der Waals surface area contributed by atoms with Gasteiger partial charge in [-0.25, -0.2) is 8.42 Å². The smallest absolute Gasteiger partial charge is 0.258 e. The average Bonchev–Trinajstić information content (AvgIpc) is 2.72. The maximum absolute atomic E-state index is 12.6. The van der Waals surface area contributed by atoms with Gasteiger partial charge in [0.2, 0.25) is 10.0 Å². The second-order valence-corrected chi connectivity index (χ2v) is 8.49. The third kappa shape index (κ3) is 5.23. The van der Waals surface area contributed by atoms with Crippen molar-refractivity contribution in [2.24, 2.45) is 0 Å². The third-order valence-corrected chi connectivity index (χ3v) is 6.52. The van der Waals surface area contributed by atoms with Gasteiger partial charge in [0.1, 0.15) is 5.75 Å². The summed E-state index contributed by atoms with van der Waals surface area (Å²) in [5.74, 6) is 0.110. The average molecular weight is 425 g/mol. The van der Waals surface area contributed by atoms with Crippen molar-refractivity contribution >= 4 is 27.5 Å². The van der Waals surface area contributed by atoms with Gasteiger partial charge in [-0.1, -0.05) is 29.8 Å². The Morgan fingerprint density at radius 3 is 2.46 bits per heavy atom. The number of carbonyl (C=O) groups excluding carboxylic acids is 1. The molecule has 7 nitrogen and oxygen atoms in total. The monoisotopic (exact) mass is 424 g/mol. The van der Waals surface area contributed by atoms with Gasteiger partial charge in [0, 0.05) is 24.7 Å². The lowest BCUT2D eigenvalue weighted by Gasteiger charge is -2.26. The molecule has 1 heterocycles. The van der Waals surface area contributed by atoms with Crippen LogP contribution in [0.2, 0.25) is 5.02 Å². The van der Waals surface area contributed by atoms with Crippen LogP contribution in [0.3, 0.4) is 0 Å². The Labute approximate surface area is 169 Å². The van der Waals surface area contributed by atoms with E-state index in [1.54, 1.807) is 6.07 Å². The lowest BCUT2D eigenvalue weighted by Crippen LogP contribution is -2.40. The molecule has 0 aliphatic carbocycles. The molecule has 1 aliphatic rings. The number of carbonyl (C=O) groups is 1. The summed E-state index contributed by atoms with van der Waals surface area (Å²) in [6.45, 7) is 1.59. The van der Waals surface area contributed by atoms with Crippen molar-refractivity contribution < 1.29 is 22.7 Å². The van der Waals surface area contributed by atoms with E-state index in [0.29, 0.717) is 43.6 Å². The van der Waals surface area contributed by atoms with Crippen molar-refractivity contribution in [2.45, 2.75) is 11.4 Å². The van der Waals surface area contributed by atoms with Gasteiger partial charge in [-0.15, -0.1) is 0 Å². The van der Waals surface area contributed by atoms with E-state index < -0.39 is 10.0 Å². The fourth-order valence-corrected chi connectivity index (χ4v) is 4.29. The standard InChI is InChI=1S/C19H21ClN2O5S/c20-18-4-2-1-3-15(18)13-21-19(23)14-27-16-5-7-17(8-6-16)28(24,25)22-9-11-26-12-10-22/h1-8H,9-14H2,(H,21,23). The molecule has 0 saturated carbocycles. The first-order chi connectivity index (χ1) is 13.5. The number of amides is 1. The molecule has 1 saturated heterocycles. The molecular formula is C19H21ClN2O5S. The Balaban J connectivity index is 1.51. The van der Waals surface area contributed by atoms with E-state index >= 15 is 0 Å². The van der Waals surface area contributed by atoms with Crippen molar-refractivity contribution in [3.8, 4) is 5.75 Å². The van der Waals surface area contributed by atoms with Gasteiger partial charge in [-0.3, -0.25) is 4.79 Å². The van der Waals surface area contributed by atoms with Crippen molar-refractivity contribution in [3.63, 3.8) is 0 Å². The van der Waals surface area contributed by atoms with Gasteiger partial charge in [0.25, 0.3) is 5.91 Å². The summed E-state index contributed by atoms with van der Waals surface area (Å²) in [7, 11) is -3.55. The van der Waals surface area contributed by atoms with Crippen LogP contribution < -0.4 is 10.1 Å². The van der Waals surface area contributed by atoms with Crippen LogP contribution in [-0.2, 0) is 26.1 Å². The number of sulfonamides is 1. The van der Waals surface area contributed by atoms with Crippen LogP contribution >= 0.6 is 11.6 Å². The van der Waals surface area contributed by atoms with E-state index in [1.807, 2.05) is 18.2 Å². The summed E-state index contributed by atoms with van der Waals surface area (Å²) in [5.41, 5.74) is 0.815. The van der Waals surface area contributed by atoms with Crippen molar-refractivity contribution in [1.29, 1.82) is 0 Å². The molecule has 9 heteroatoms. The molecule has 0 unspecified atom stereocenters. The van der Waals surface area contributed by atoms with Crippen molar-refractivity contribution in [1.82, 2.24) is 9.62 Å². The predicted octanol–water partition coefficient (Wildman–Crippen LogP) is 2.06. The zero-order valence-corrected chi connectivity index (χ0v) is 16.7. The molecule has 0 spiro atoms. The fraction of sp³-hybridized carbons (Fsp3) is 0.316. The number of nitrogens with one attached hydrogen (secondary N) is 1. The zero-order chi connectivity index (χ0) is 20.0. The number of hydrogen-bond donors (Lipinski definition) is 1. The second-order valence-electron chi connectivity index (χ2n) is 6.14. The van der Waals surface area contributed by atoms with E-state index in [-0.39, 0.29) is 17.4 Å². The molecule has 1 fully saturated rings. The van der Waals surface area contributed by atoms with E-state index in [9.17, 15) is 13.2 Å².